The van der Waals surface area contributed by atoms with E-state index in [1.54, 1.807) is 25.4 Å². The first-order valence-corrected chi connectivity index (χ1v) is 5.99. The van der Waals surface area contributed by atoms with Crippen molar-refractivity contribution in [2.45, 2.75) is 13.3 Å². The van der Waals surface area contributed by atoms with Gasteiger partial charge in [0, 0.05) is 28.9 Å². The van der Waals surface area contributed by atoms with Crippen molar-refractivity contribution in [3.63, 3.8) is 0 Å². The highest BCUT2D eigenvalue weighted by Crippen LogP contribution is 2.22. The third kappa shape index (κ3) is 3.28. The van der Waals surface area contributed by atoms with Gasteiger partial charge in [-0.3, -0.25) is 14.6 Å². The minimum absolute atomic E-state index is 0.270. The van der Waals surface area contributed by atoms with E-state index in [4.69, 9.17) is 4.74 Å². The number of esters is 1. The number of amides is 1. The van der Waals surface area contributed by atoms with E-state index in [1.807, 2.05) is 18.2 Å². The van der Waals surface area contributed by atoms with Gasteiger partial charge < -0.3 is 10.1 Å². The molecule has 0 unspecified atom stereocenters. The van der Waals surface area contributed by atoms with Gasteiger partial charge in [-0.05, 0) is 19.1 Å². The molecule has 1 heterocycles. The molecule has 0 spiro atoms. The lowest BCUT2D eigenvalue weighted by molar-refractivity contribution is -0.145. The number of benzene rings is 1. The molecule has 98 valence electrons. The quantitative estimate of drug-likeness (QED) is 0.673. The van der Waals surface area contributed by atoms with Crippen molar-refractivity contribution in [3.8, 4) is 0 Å². The van der Waals surface area contributed by atoms with Crippen LogP contribution in [-0.4, -0.2) is 23.5 Å². The second-order valence-electron chi connectivity index (χ2n) is 3.93. The van der Waals surface area contributed by atoms with Gasteiger partial charge in [-0.1, -0.05) is 12.1 Å². The minimum atomic E-state index is -0.526. The Morgan fingerprint density at radius 1 is 1.32 bits per heavy atom. The van der Waals surface area contributed by atoms with Gasteiger partial charge in [0.05, 0.1) is 6.61 Å². The van der Waals surface area contributed by atoms with Crippen LogP contribution in [-0.2, 0) is 14.3 Å². The maximum Gasteiger partial charge on any atom is 0.315 e. The molecule has 0 aliphatic carbocycles. The molecule has 1 amide bonds. The van der Waals surface area contributed by atoms with Gasteiger partial charge in [-0.2, -0.15) is 0 Å². The molecule has 1 N–H and O–H groups in total. The Balaban J connectivity index is 2.13. The predicted molar refractivity (Wildman–Crippen MR) is 71.6 cm³/mol. The first-order valence-electron chi connectivity index (χ1n) is 5.99. The number of rotatable bonds is 4. The van der Waals surface area contributed by atoms with Crippen LogP contribution in [0.15, 0.2) is 36.7 Å². The normalized spacial score (nSPS) is 10.2. The molecule has 2 rings (SSSR count). The van der Waals surface area contributed by atoms with Crippen molar-refractivity contribution in [1.82, 2.24) is 4.98 Å². The zero-order valence-corrected chi connectivity index (χ0v) is 10.6. The number of nitrogens with one attached hydrogen (secondary N) is 1. The van der Waals surface area contributed by atoms with Crippen LogP contribution in [0, 0.1) is 0 Å². The molecule has 0 radical (unpaired) electrons. The maximum absolute atomic E-state index is 11.7. The lowest BCUT2D eigenvalue weighted by Crippen LogP contribution is -2.18. The second kappa shape index (κ2) is 5.95. The fraction of sp³-hybridized carbons (Fsp3) is 0.214. The number of carbonyl (C=O) groups is 2. The summed E-state index contributed by atoms with van der Waals surface area (Å²) in [6, 6.07) is 7.33. The molecular weight excluding hydrogens is 244 g/mol. The Labute approximate surface area is 110 Å². The molecule has 1 aromatic carbocycles. The summed E-state index contributed by atoms with van der Waals surface area (Å²) in [6.45, 7) is 1.97. The Morgan fingerprint density at radius 2 is 2.16 bits per heavy atom. The number of nitrogens with zero attached hydrogens (tertiary/aromatic N) is 1. The standard InChI is InChI=1S/C14H14N2O3/c1-2-19-14(18)8-13(17)16-12-5-3-4-10-9-15-7-6-11(10)12/h3-7,9H,2,8H2,1H3,(H,16,17). The molecule has 0 saturated carbocycles. The number of fused-ring (bicyclic) bond motifs is 1. The number of pyridine rings is 1. The third-order valence-electron chi connectivity index (χ3n) is 2.57. The van der Waals surface area contributed by atoms with Gasteiger partial charge in [0.1, 0.15) is 6.42 Å². The number of anilines is 1. The molecule has 1 aromatic heterocycles. The summed E-state index contributed by atoms with van der Waals surface area (Å²) in [6.07, 6.45) is 3.09. The zero-order chi connectivity index (χ0) is 13.7. The second-order valence-corrected chi connectivity index (χ2v) is 3.93. The highest BCUT2D eigenvalue weighted by atomic mass is 16.5. The summed E-state index contributed by atoms with van der Waals surface area (Å²) in [5.41, 5.74) is 0.661. The van der Waals surface area contributed by atoms with Gasteiger partial charge in [0.25, 0.3) is 0 Å². The van der Waals surface area contributed by atoms with Crippen LogP contribution in [0.5, 0.6) is 0 Å². The summed E-state index contributed by atoms with van der Waals surface area (Å²) in [5.74, 6) is -0.912. The number of carbonyl (C=O) groups excluding carboxylic acids is 2. The number of ether oxygens (including phenoxy) is 1. The van der Waals surface area contributed by atoms with E-state index in [1.165, 1.54) is 0 Å². The van der Waals surface area contributed by atoms with Crippen LogP contribution in [0.2, 0.25) is 0 Å². The summed E-state index contributed by atoms with van der Waals surface area (Å²) in [7, 11) is 0. The molecule has 0 fully saturated rings. The summed E-state index contributed by atoms with van der Waals surface area (Å²) in [5, 5.41) is 4.52. The molecule has 5 heteroatoms. The molecule has 0 atom stereocenters. The van der Waals surface area contributed by atoms with Crippen LogP contribution >= 0.6 is 0 Å². The number of aromatic nitrogens is 1. The predicted octanol–water partition coefficient (Wildman–Crippen LogP) is 2.13. The topological polar surface area (TPSA) is 68.3 Å². The first kappa shape index (κ1) is 13.0. The van der Waals surface area contributed by atoms with E-state index in [-0.39, 0.29) is 18.9 Å². The maximum atomic E-state index is 11.7. The third-order valence-corrected chi connectivity index (χ3v) is 2.57. The Hall–Kier alpha value is -2.43. The number of hydrogen-bond acceptors (Lipinski definition) is 4. The summed E-state index contributed by atoms with van der Waals surface area (Å²) in [4.78, 5) is 26.9. The van der Waals surface area contributed by atoms with E-state index in [0.29, 0.717) is 5.69 Å². The monoisotopic (exact) mass is 258 g/mol. The van der Waals surface area contributed by atoms with Crippen LogP contribution in [0.1, 0.15) is 13.3 Å². The fourth-order valence-electron chi connectivity index (χ4n) is 1.77. The highest BCUT2D eigenvalue weighted by molar-refractivity contribution is 6.06. The largest absolute Gasteiger partial charge is 0.466 e. The molecule has 0 saturated heterocycles. The Bertz CT molecular complexity index is 605. The minimum Gasteiger partial charge on any atom is -0.466 e. The summed E-state index contributed by atoms with van der Waals surface area (Å²) < 4.78 is 4.73. The molecule has 19 heavy (non-hydrogen) atoms. The van der Waals surface area contributed by atoms with E-state index in [9.17, 15) is 9.59 Å². The van der Waals surface area contributed by atoms with Crippen LogP contribution in [0.25, 0.3) is 10.8 Å². The van der Waals surface area contributed by atoms with Crippen molar-refractivity contribution >= 4 is 28.3 Å². The molecule has 0 bridgehead atoms. The lowest BCUT2D eigenvalue weighted by atomic mass is 10.1. The van der Waals surface area contributed by atoms with E-state index in [0.717, 1.165) is 10.8 Å². The van der Waals surface area contributed by atoms with E-state index >= 15 is 0 Å². The van der Waals surface area contributed by atoms with Crippen molar-refractivity contribution in [1.29, 1.82) is 0 Å². The smallest absolute Gasteiger partial charge is 0.315 e. The molecular formula is C14H14N2O3. The molecule has 2 aromatic rings. The van der Waals surface area contributed by atoms with Crippen molar-refractivity contribution < 1.29 is 14.3 Å². The molecule has 0 aliphatic rings. The van der Waals surface area contributed by atoms with Gasteiger partial charge in [0.15, 0.2) is 0 Å². The average Bonchev–Trinajstić information content (AvgIpc) is 2.39. The number of hydrogen-bond donors (Lipinski definition) is 1. The van der Waals surface area contributed by atoms with Crippen molar-refractivity contribution in [2.24, 2.45) is 0 Å². The van der Waals surface area contributed by atoms with Gasteiger partial charge in [-0.15, -0.1) is 0 Å². The van der Waals surface area contributed by atoms with Gasteiger partial charge >= 0.3 is 5.97 Å². The van der Waals surface area contributed by atoms with Gasteiger partial charge in [-0.25, -0.2) is 0 Å². The Morgan fingerprint density at radius 3 is 2.95 bits per heavy atom. The van der Waals surface area contributed by atoms with Crippen LogP contribution in [0.3, 0.4) is 0 Å². The first-order chi connectivity index (χ1) is 9.20. The van der Waals surface area contributed by atoms with Crippen molar-refractivity contribution in [2.75, 3.05) is 11.9 Å². The molecule has 0 aliphatic heterocycles. The fourth-order valence-corrected chi connectivity index (χ4v) is 1.77. The van der Waals surface area contributed by atoms with Crippen molar-refractivity contribution in [3.05, 3.63) is 36.7 Å². The van der Waals surface area contributed by atoms with Crippen LogP contribution in [0.4, 0.5) is 5.69 Å². The highest BCUT2D eigenvalue weighted by Gasteiger charge is 2.11. The lowest BCUT2D eigenvalue weighted by Gasteiger charge is -2.08. The molecule has 5 nitrogen and oxygen atoms in total. The van der Waals surface area contributed by atoms with E-state index < -0.39 is 5.97 Å². The van der Waals surface area contributed by atoms with Gasteiger partial charge in [0.2, 0.25) is 5.91 Å². The average molecular weight is 258 g/mol. The summed E-state index contributed by atoms with van der Waals surface area (Å²) >= 11 is 0. The zero-order valence-electron chi connectivity index (χ0n) is 10.6. The van der Waals surface area contributed by atoms with Crippen LogP contribution < -0.4 is 5.32 Å². The SMILES string of the molecule is CCOC(=O)CC(=O)Nc1cccc2cnccc12. The van der Waals surface area contributed by atoms with E-state index in [2.05, 4.69) is 10.3 Å². The Kier molecular flexibility index (Phi) is 4.07.